The number of anilines is 2. The zero-order chi connectivity index (χ0) is 19.3. The number of hydrogen-bond donors (Lipinski definition) is 2. The first-order chi connectivity index (χ1) is 12.3. The van der Waals surface area contributed by atoms with E-state index in [4.69, 9.17) is 38.4 Å². The van der Waals surface area contributed by atoms with Crippen LogP contribution in [-0.4, -0.2) is 33.7 Å². The Hall–Kier alpha value is -2.31. The number of methoxy groups -OCH3 is 1. The average Bonchev–Trinajstić information content (AvgIpc) is 2.57. The number of nitrogens with zero attached hydrogens (tertiary/aromatic N) is 1. The summed E-state index contributed by atoms with van der Waals surface area (Å²) >= 11 is 12.6. The largest absolute Gasteiger partial charge is 0.493 e. The standard InChI is InChI=1S/C18H21Cl2N3O3/c1-23(2)17-12(19)5-4-6-14(17)22-9-11-7-13(20)18(15(8-11)25-3)26-10-16(21)24/h4-8,22H,9-10H2,1-3H3,(H2,21,24). The van der Waals surface area contributed by atoms with Gasteiger partial charge in [-0.3, -0.25) is 4.79 Å². The summed E-state index contributed by atoms with van der Waals surface area (Å²) in [6.07, 6.45) is 0. The molecule has 0 bridgehead atoms. The summed E-state index contributed by atoms with van der Waals surface area (Å²) < 4.78 is 10.6. The summed E-state index contributed by atoms with van der Waals surface area (Å²) in [4.78, 5) is 12.9. The number of halogens is 2. The van der Waals surface area contributed by atoms with Crippen LogP contribution < -0.4 is 25.4 Å². The monoisotopic (exact) mass is 397 g/mol. The third-order valence-electron chi connectivity index (χ3n) is 3.56. The number of rotatable bonds is 8. The molecule has 2 aromatic carbocycles. The van der Waals surface area contributed by atoms with Gasteiger partial charge in [0.1, 0.15) is 0 Å². The van der Waals surface area contributed by atoms with Gasteiger partial charge in [0.2, 0.25) is 0 Å². The minimum Gasteiger partial charge on any atom is -0.493 e. The van der Waals surface area contributed by atoms with E-state index < -0.39 is 5.91 Å². The van der Waals surface area contributed by atoms with E-state index in [1.165, 1.54) is 7.11 Å². The summed E-state index contributed by atoms with van der Waals surface area (Å²) in [5, 5.41) is 4.34. The highest BCUT2D eigenvalue weighted by Crippen LogP contribution is 2.37. The van der Waals surface area contributed by atoms with Crippen molar-refractivity contribution >= 4 is 40.5 Å². The van der Waals surface area contributed by atoms with E-state index in [1.807, 2.05) is 37.2 Å². The van der Waals surface area contributed by atoms with E-state index in [0.29, 0.717) is 22.3 Å². The van der Waals surface area contributed by atoms with Crippen LogP contribution in [0.4, 0.5) is 11.4 Å². The SMILES string of the molecule is COc1cc(CNc2cccc(Cl)c2N(C)C)cc(Cl)c1OCC(N)=O. The van der Waals surface area contributed by atoms with Crippen molar-refractivity contribution in [3.63, 3.8) is 0 Å². The van der Waals surface area contributed by atoms with Gasteiger partial charge in [0.05, 0.1) is 28.5 Å². The van der Waals surface area contributed by atoms with E-state index in [9.17, 15) is 4.79 Å². The van der Waals surface area contributed by atoms with E-state index in [1.54, 1.807) is 12.1 Å². The second-order valence-corrected chi connectivity index (χ2v) is 6.56. The minimum absolute atomic E-state index is 0.275. The van der Waals surface area contributed by atoms with Crippen molar-refractivity contribution in [1.29, 1.82) is 0 Å². The molecular weight excluding hydrogens is 377 g/mol. The quantitative estimate of drug-likeness (QED) is 0.711. The van der Waals surface area contributed by atoms with Crippen molar-refractivity contribution in [3.8, 4) is 11.5 Å². The molecule has 0 unspecified atom stereocenters. The predicted octanol–water partition coefficient (Wildman–Crippen LogP) is 3.54. The summed E-state index contributed by atoms with van der Waals surface area (Å²) in [6, 6.07) is 9.20. The number of nitrogens with one attached hydrogen (secondary N) is 1. The summed E-state index contributed by atoms with van der Waals surface area (Å²) in [7, 11) is 5.36. The zero-order valence-corrected chi connectivity index (χ0v) is 16.3. The van der Waals surface area contributed by atoms with E-state index in [-0.39, 0.29) is 12.4 Å². The van der Waals surface area contributed by atoms with Gasteiger partial charge in [0, 0.05) is 20.6 Å². The Bertz CT molecular complexity index is 797. The lowest BCUT2D eigenvalue weighted by molar-refractivity contribution is -0.119. The number of ether oxygens (including phenoxy) is 2. The van der Waals surface area contributed by atoms with Gasteiger partial charge in [0.25, 0.3) is 5.91 Å². The van der Waals surface area contributed by atoms with Crippen LogP contribution in [0.15, 0.2) is 30.3 Å². The van der Waals surface area contributed by atoms with Crippen LogP contribution in [-0.2, 0) is 11.3 Å². The lowest BCUT2D eigenvalue weighted by Gasteiger charge is -2.20. The molecule has 0 aromatic heterocycles. The van der Waals surface area contributed by atoms with Crippen molar-refractivity contribution in [1.82, 2.24) is 0 Å². The second-order valence-electron chi connectivity index (χ2n) is 5.75. The first kappa shape index (κ1) is 20.0. The number of primary amides is 1. The maximum absolute atomic E-state index is 10.9. The third kappa shape index (κ3) is 4.86. The van der Waals surface area contributed by atoms with Gasteiger partial charge in [-0.2, -0.15) is 0 Å². The average molecular weight is 398 g/mol. The second kappa shape index (κ2) is 8.87. The Morgan fingerprint density at radius 1 is 1.23 bits per heavy atom. The fourth-order valence-corrected chi connectivity index (χ4v) is 3.10. The van der Waals surface area contributed by atoms with E-state index >= 15 is 0 Å². The van der Waals surface area contributed by atoms with Crippen LogP contribution in [0.2, 0.25) is 10.0 Å². The number of nitrogens with two attached hydrogens (primary N) is 1. The molecule has 0 heterocycles. The molecule has 26 heavy (non-hydrogen) atoms. The number of para-hydroxylation sites is 1. The number of carbonyl (C=O) groups is 1. The predicted molar refractivity (Wildman–Crippen MR) is 106 cm³/mol. The molecule has 3 N–H and O–H groups in total. The highest BCUT2D eigenvalue weighted by atomic mass is 35.5. The normalized spacial score (nSPS) is 10.3. The van der Waals surface area contributed by atoms with Crippen LogP contribution in [0.3, 0.4) is 0 Å². The molecule has 0 aliphatic rings. The van der Waals surface area contributed by atoms with Gasteiger partial charge in [0.15, 0.2) is 18.1 Å². The minimum atomic E-state index is -0.592. The molecule has 0 saturated carbocycles. The van der Waals surface area contributed by atoms with Gasteiger partial charge in [-0.15, -0.1) is 0 Å². The van der Waals surface area contributed by atoms with Gasteiger partial charge in [-0.05, 0) is 29.8 Å². The number of amides is 1. The first-order valence-corrected chi connectivity index (χ1v) is 8.56. The Balaban J connectivity index is 2.22. The van der Waals surface area contributed by atoms with E-state index in [0.717, 1.165) is 16.9 Å². The van der Waals surface area contributed by atoms with Crippen LogP contribution >= 0.6 is 23.2 Å². The maximum Gasteiger partial charge on any atom is 0.255 e. The van der Waals surface area contributed by atoms with E-state index in [2.05, 4.69) is 5.32 Å². The fraction of sp³-hybridized carbons (Fsp3) is 0.278. The molecule has 0 radical (unpaired) electrons. The molecule has 2 rings (SSSR count). The van der Waals surface area contributed by atoms with Gasteiger partial charge in [-0.1, -0.05) is 29.3 Å². The molecule has 0 atom stereocenters. The fourth-order valence-electron chi connectivity index (χ4n) is 2.47. The van der Waals surface area contributed by atoms with Gasteiger partial charge < -0.3 is 25.4 Å². The summed E-state index contributed by atoms with van der Waals surface area (Å²) in [5.74, 6) is 0.119. The van der Waals surface area contributed by atoms with Crippen LogP contribution in [0.25, 0.3) is 0 Å². The number of benzene rings is 2. The molecule has 2 aromatic rings. The highest BCUT2D eigenvalue weighted by Gasteiger charge is 2.14. The summed E-state index contributed by atoms with van der Waals surface area (Å²) in [6.45, 7) is 0.218. The molecule has 6 nitrogen and oxygen atoms in total. The zero-order valence-electron chi connectivity index (χ0n) is 14.8. The van der Waals surface area contributed by atoms with Crippen molar-refractivity contribution in [2.24, 2.45) is 5.73 Å². The van der Waals surface area contributed by atoms with Gasteiger partial charge >= 0.3 is 0 Å². The Morgan fingerprint density at radius 3 is 2.58 bits per heavy atom. The molecular formula is C18H21Cl2N3O3. The van der Waals surface area contributed by atoms with Crippen molar-refractivity contribution in [2.75, 3.05) is 38.0 Å². The molecule has 0 fully saturated rings. The molecule has 1 amide bonds. The lowest BCUT2D eigenvalue weighted by atomic mass is 10.1. The molecule has 0 aliphatic heterocycles. The van der Waals surface area contributed by atoms with Crippen molar-refractivity contribution in [3.05, 3.63) is 45.9 Å². The Kier molecular flexibility index (Phi) is 6.83. The lowest BCUT2D eigenvalue weighted by Crippen LogP contribution is -2.20. The number of hydrogen-bond acceptors (Lipinski definition) is 5. The van der Waals surface area contributed by atoms with Crippen molar-refractivity contribution < 1.29 is 14.3 Å². The molecule has 140 valence electrons. The Labute approximate surface area is 162 Å². The van der Waals surface area contributed by atoms with Gasteiger partial charge in [-0.25, -0.2) is 0 Å². The van der Waals surface area contributed by atoms with Crippen LogP contribution in [0.1, 0.15) is 5.56 Å². The third-order valence-corrected chi connectivity index (χ3v) is 4.15. The summed E-state index contributed by atoms with van der Waals surface area (Å²) in [5.41, 5.74) is 7.77. The van der Waals surface area contributed by atoms with Crippen molar-refractivity contribution in [2.45, 2.75) is 6.54 Å². The Morgan fingerprint density at radius 2 is 1.96 bits per heavy atom. The molecule has 8 heteroatoms. The van der Waals surface area contributed by atoms with Crippen LogP contribution in [0.5, 0.6) is 11.5 Å². The highest BCUT2D eigenvalue weighted by molar-refractivity contribution is 6.34. The van der Waals surface area contributed by atoms with Crippen LogP contribution in [0, 0.1) is 0 Å². The first-order valence-electron chi connectivity index (χ1n) is 7.80. The molecule has 0 aliphatic carbocycles. The number of carbonyl (C=O) groups excluding carboxylic acids is 1. The maximum atomic E-state index is 10.9. The topological polar surface area (TPSA) is 76.8 Å². The smallest absolute Gasteiger partial charge is 0.255 e. The molecule has 0 spiro atoms. The molecule has 0 saturated heterocycles.